The van der Waals surface area contributed by atoms with Gasteiger partial charge in [0.2, 0.25) is 0 Å². The smallest absolute Gasteiger partial charge is 0.257 e. The van der Waals surface area contributed by atoms with E-state index in [1.807, 2.05) is 11.6 Å². The summed E-state index contributed by atoms with van der Waals surface area (Å²) in [5.41, 5.74) is 1.12. The highest BCUT2D eigenvalue weighted by Crippen LogP contribution is 2.40. The van der Waals surface area contributed by atoms with E-state index in [0.29, 0.717) is 22.9 Å². The van der Waals surface area contributed by atoms with Gasteiger partial charge < -0.3 is 9.84 Å². The van der Waals surface area contributed by atoms with Crippen LogP contribution in [0.5, 0.6) is 0 Å². The maximum Gasteiger partial charge on any atom is 0.257 e. The van der Waals surface area contributed by atoms with Crippen LogP contribution in [0.15, 0.2) is 10.9 Å². The van der Waals surface area contributed by atoms with Crippen LogP contribution >= 0.6 is 0 Å². The molecule has 1 aliphatic carbocycles. The molecule has 0 aliphatic heterocycles. The Bertz CT molecular complexity index is 637. The number of hydrogen-bond donors (Lipinski definition) is 1. The molecule has 7 nitrogen and oxygen atoms in total. The largest absolute Gasteiger partial charge is 0.361 e. The van der Waals surface area contributed by atoms with Crippen molar-refractivity contribution < 1.29 is 9.32 Å². The molecule has 0 bridgehead atoms. The summed E-state index contributed by atoms with van der Waals surface area (Å²) in [6.45, 7) is 6.26. The normalized spacial score (nSPS) is 16.0. The van der Waals surface area contributed by atoms with Crippen molar-refractivity contribution in [2.45, 2.75) is 46.2 Å². The molecule has 1 atom stereocenters. The predicted molar refractivity (Wildman–Crippen MR) is 74.6 cm³/mol. The Morgan fingerprint density at radius 1 is 1.52 bits per heavy atom. The maximum atomic E-state index is 12.5. The molecule has 0 radical (unpaired) electrons. The topological polar surface area (TPSA) is 85.8 Å². The van der Waals surface area contributed by atoms with E-state index in [2.05, 4.69) is 20.6 Å². The number of amides is 1. The third-order valence-corrected chi connectivity index (χ3v) is 3.86. The molecule has 112 valence electrons. The Kier molecular flexibility index (Phi) is 3.48. The first-order valence-electron chi connectivity index (χ1n) is 7.23. The van der Waals surface area contributed by atoms with Crippen molar-refractivity contribution in [2.24, 2.45) is 5.92 Å². The summed E-state index contributed by atoms with van der Waals surface area (Å²) < 4.78 is 6.90. The SMILES string of the molecule is CCn1ncnc1[C@H](NC(=O)c1c(C)noc1C)C1CC1. The van der Waals surface area contributed by atoms with E-state index in [9.17, 15) is 4.79 Å². The lowest BCUT2D eigenvalue weighted by atomic mass is 10.1. The van der Waals surface area contributed by atoms with Crippen LogP contribution in [0.3, 0.4) is 0 Å². The Hall–Kier alpha value is -2.18. The van der Waals surface area contributed by atoms with Crippen LogP contribution in [0.1, 0.15) is 53.4 Å². The molecule has 0 aromatic carbocycles. The van der Waals surface area contributed by atoms with Crippen LogP contribution in [0, 0.1) is 19.8 Å². The van der Waals surface area contributed by atoms with Crippen LogP contribution in [0.25, 0.3) is 0 Å². The molecule has 2 heterocycles. The van der Waals surface area contributed by atoms with E-state index >= 15 is 0 Å². The van der Waals surface area contributed by atoms with E-state index in [1.165, 1.54) is 6.33 Å². The summed E-state index contributed by atoms with van der Waals surface area (Å²) in [4.78, 5) is 16.8. The van der Waals surface area contributed by atoms with Gasteiger partial charge in [-0.2, -0.15) is 5.10 Å². The predicted octanol–water partition coefficient (Wildman–Crippen LogP) is 1.78. The van der Waals surface area contributed by atoms with Crippen molar-refractivity contribution in [3.8, 4) is 0 Å². The van der Waals surface area contributed by atoms with E-state index in [1.54, 1.807) is 13.8 Å². The number of nitrogens with zero attached hydrogens (tertiary/aromatic N) is 4. The molecule has 1 N–H and O–H groups in total. The summed E-state index contributed by atoms with van der Waals surface area (Å²) in [5, 5.41) is 11.1. The molecule has 0 spiro atoms. The zero-order chi connectivity index (χ0) is 15.0. The number of carbonyl (C=O) groups is 1. The summed E-state index contributed by atoms with van der Waals surface area (Å²) in [6, 6.07) is -0.103. The molecule has 7 heteroatoms. The number of aryl methyl sites for hydroxylation is 3. The standard InChI is InChI=1S/C14H19N5O2/c1-4-19-13(15-7-16-19)12(10-5-6-10)17-14(20)11-8(2)18-21-9(11)3/h7,10,12H,4-6H2,1-3H3,(H,17,20)/t12-/m1/s1. The van der Waals surface area contributed by atoms with Crippen molar-refractivity contribution in [1.29, 1.82) is 0 Å². The van der Waals surface area contributed by atoms with Gasteiger partial charge in [0, 0.05) is 6.54 Å². The third kappa shape index (κ3) is 2.55. The molecular weight excluding hydrogens is 270 g/mol. The van der Waals surface area contributed by atoms with Gasteiger partial charge in [0.15, 0.2) is 0 Å². The Morgan fingerprint density at radius 3 is 2.86 bits per heavy atom. The number of carbonyl (C=O) groups excluding carboxylic acids is 1. The van der Waals surface area contributed by atoms with E-state index < -0.39 is 0 Å². The first-order chi connectivity index (χ1) is 10.1. The van der Waals surface area contributed by atoms with Gasteiger partial charge in [-0.15, -0.1) is 0 Å². The Labute approximate surface area is 122 Å². The first kappa shape index (κ1) is 13.8. The average Bonchev–Trinajstić information content (AvgIpc) is 3.10. The van der Waals surface area contributed by atoms with E-state index in [0.717, 1.165) is 25.2 Å². The maximum absolute atomic E-state index is 12.5. The van der Waals surface area contributed by atoms with Crippen molar-refractivity contribution in [3.63, 3.8) is 0 Å². The van der Waals surface area contributed by atoms with Crippen LogP contribution in [-0.4, -0.2) is 25.8 Å². The van der Waals surface area contributed by atoms with Gasteiger partial charge in [0.25, 0.3) is 5.91 Å². The fraction of sp³-hybridized carbons (Fsp3) is 0.571. The van der Waals surface area contributed by atoms with Gasteiger partial charge in [-0.05, 0) is 39.5 Å². The molecule has 21 heavy (non-hydrogen) atoms. The monoisotopic (exact) mass is 289 g/mol. The Morgan fingerprint density at radius 2 is 2.29 bits per heavy atom. The number of hydrogen-bond acceptors (Lipinski definition) is 5. The minimum Gasteiger partial charge on any atom is -0.361 e. The third-order valence-electron chi connectivity index (χ3n) is 3.86. The minimum absolute atomic E-state index is 0.103. The molecule has 0 saturated heterocycles. The van der Waals surface area contributed by atoms with Crippen molar-refractivity contribution >= 4 is 5.91 Å². The van der Waals surface area contributed by atoms with Crippen molar-refractivity contribution in [1.82, 2.24) is 25.2 Å². The summed E-state index contributed by atoms with van der Waals surface area (Å²) >= 11 is 0. The molecular formula is C14H19N5O2. The van der Waals surface area contributed by atoms with Crippen LogP contribution < -0.4 is 5.32 Å². The molecule has 2 aromatic rings. The fourth-order valence-corrected chi connectivity index (χ4v) is 2.60. The van der Waals surface area contributed by atoms with Gasteiger partial charge in [-0.3, -0.25) is 4.79 Å². The lowest BCUT2D eigenvalue weighted by Crippen LogP contribution is -2.32. The molecule has 2 aromatic heterocycles. The minimum atomic E-state index is -0.159. The van der Waals surface area contributed by atoms with Gasteiger partial charge in [0.1, 0.15) is 23.5 Å². The summed E-state index contributed by atoms with van der Waals surface area (Å²) in [7, 11) is 0. The van der Waals surface area contributed by atoms with E-state index in [-0.39, 0.29) is 11.9 Å². The summed E-state index contributed by atoms with van der Waals surface area (Å²) in [5.74, 6) is 1.63. The second-order valence-corrected chi connectivity index (χ2v) is 5.42. The zero-order valence-electron chi connectivity index (χ0n) is 12.5. The van der Waals surface area contributed by atoms with Gasteiger partial charge in [-0.25, -0.2) is 9.67 Å². The van der Waals surface area contributed by atoms with Crippen LogP contribution in [0.2, 0.25) is 0 Å². The van der Waals surface area contributed by atoms with Gasteiger partial charge in [0.05, 0.1) is 11.7 Å². The fourth-order valence-electron chi connectivity index (χ4n) is 2.60. The average molecular weight is 289 g/mol. The highest BCUT2D eigenvalue weighted by molar-refractivity contribution is 5.96. The van der Waals surface area contributed by atoms with Crippen molar-refractivity contribution in [3.05, 3.63) is 29.2 Å². The van der Waals surface area contributed by atoms with Gasteiger partial charge >= 0.3 is 0 Å². The van der Waals surface area contributed by atoms with Gasteiger partial charge in [-0.1, -0.05) is 5.16 Å². The summed E-state index contributed by atoms with van der Waals surface area (Å²) in [6.07, 6.45) is 3.74. The number of rotatable bonds is 5. The molecule has 1 saturated carbocycles. The molecule has 1 aliphatic rings. The molecule has 1 amide bonds. The second kappa shape index (κ2) is 5.31. The quantitative estimate of drug-likeness (QED) is 0.906. The highest BCUT2D eigenvalue weighted by Gasteiger charge is 2.37. The second-order valence-electron chi connectivity index (χ2n) is 5.42. The lowest BCUT2D eigenvalue weighted by molar-refractivity contribution is 0.0926. The zero-order valence-corrected chi connectivity index (χ0v) is 12.5. The number of aromatic nitrogens is 4. The lowest BCUT2D eigenvalue weighted by Gasteiger charge is -2.18. The highest BCUT2D eigenvalue weighted by atomic mass is 16.5. The van der Waals surface area contributed by atoms with Crippen molar-refractivity contribution in [2.75, 3.05) is 0 Å². The van der Waals surface area contributed by atoms with Crippen LogP contribution in [0.4, 0.5) is 0 Å². The van der Waals surface area contributed by atoms with E-state index in [4.69, 9.17) is 4.52 Å². The molecule has 3 rings (SSSR count). The number of nitrogens with one attached hydrogen (secondary N) is 1. The Balaban J connectivity index is 1.85. The molecule has 0 unspecified atom stereocenters. The molecule has 1 fully saturated rings. The first-order valence-corrected chi connectivity index (χ1v) is 7.23. The van der Waals surface area contributed by atoms with Crippen LogP contribution in [-0.2, 0) is 6.54 Å².